The summed E-state index contributed by atoms with van der Waals surface area (Å²) < 4.78 is 12.5. The fourth-order valence-electron chi connectivity index (χ4n) is 4.77. The summed E-state index contributed by atoms with van der Waals surface area (Å²) in [7, 11) is -0.150. The number of rotatable bonds is 2. The standard InChI is InChI=1S/C14H24BNO2.ClH/c1-13(2)9-6-10(13)14(3)11(7-9)17-15(18-14)12(16)8-4-5-8;/h8-12H,4-7,16H2,1-3H3;1H/t9?,10?,11?,12?,14-;/m0./s1. The van der Waals surface area contributed by atoms with Crippen LogP contribution in [0.25, 0.3) is 0 Å². The Morgan fingerprint density at radius 3 is 2.47 bits per heavy atom. The molecule has 0 aromatic carbocycles. The van der Waals surface area contributed by atoms with Crippen LogP contribution in [-0.4, -0.2) is 24.8 Å². The fraction of sp³-hybridized carbons (Fsp3) is 1.00. The average Bonchev–Trinajstić information content (AvgIpc) is 3.08. The molecular formula is C14H25BClNO2. The van der Waals surface area contributed by atoms with Gasteiger partial charge in [-0.15, -0.1) is 12.4 Å². The van der Waals surface area contributed by atoms with Crippen molar-refractivity contribution in [1.82, 2.24) is 0 Å². The summed E-state index contributed by atoms with van der Waals surface area (Å²) in [5.41, 5.74) is 6.61. The van der Waals surface area contributed by atoms with E-state index in [2.05, 4.69) is 20.8 Å². The lowest BCUT2D eigenvalue weighted by molar-refractivity contribution is -0.199. The SMILES string of the molecule is CC1(C)C2CC3OB(C(N)C4CC4)O[C@@]3(C)C1C2.Cl. The minimum Gasteiger partial charge on any atom is -0.404 e. The summed E-state index contributed by atoms with van der Waals surface area (Å²) >= 11 is 0. The lowest BCUT2D eigenvalue weighted by atomic mass is 9.43. The van der Waals surface area contributed by atoms with Crippen molar-refractivity contribution in [2.45, 2.75) is 64.1 Å². The van der Waals surface area contributed by atoms with Gasteiger partial charge in [0.2, 0.25) is 0 Å². The van der Waals surface area contributed by atoms with Crippen LogP contribution >= 0.6 is 12.4 Å². The Bertz CT molecular complexity index is 390. The predicted octanol–water partition coefficient (Wildman–Crippen LogP) is 2.41. The molecule has 5 atom stereocenters. The molecule has 4 saturated carbocycles. The molecular weight excluding hydrogens is 260 g/mol. The molecule has 5 heteroatoms. The van der Waals surface area contributed by atoms with Crippen LogP contribution in [0.2, 0.25) is 0 Å². The van der Waals surface area contributed by atoms with Gasteiger partial charge in [-0.3, -0.25) is 0 Å². The molecule has 5 fully saturated rings. The van der Waals surface area contributed by atoms with E-state index in [0.29, 0.717) is 17.3 Å². The van der Waals surface area contributed by atoms with Gasteiger partial charge < -0.3 is 15.0 Å². The second kappa shape index (κ2) is 4.13. The van der Waals surface area contributed by atoms with Crippen molar-refractivity contribution >= 4 is 19.5 Å². The Balaban J connectivity index is 0.00000110. The molecule has 5 aliphatic rings. The van der Waals surface area contributed by atoms with Gasteiger partial charge in [-0.2, -0.15) is 0 Å². The molecule has 2 N–H and O–H groups in total. The normalized spacial score (nSPS) is 48.0. The van der Waals surface area contributed by atoms with Crippen LogP contribution in [0.5, 0.6) is 0 Å². The van der Waals surface area contributed by atoms with Gasteiger partial charge in [0.05, 0.1) is 11.7 Å². The maximum absolute atomic E-state index is 6.35. The Morgan fingerprint density at radius 2 is 1.89 bits per heavy atom. The smallest absolute Gasteiger partial charge is 0.404 e. The first-order valence-electron chi connectivity index (χ1n) is 7.52. The molecule has 108 valence electrons. The average molecular weight is 286 g/mol. The second-order valence-corrected chi connectivity index (χ2v) is 7.75. The van der Waals surface area contributed by atoms with Crippen molar-refractivity contribution in [3.63, 3.8) is 0 Å². The third kappa shape index (κ3) is 1.76. The van der Waals surface area contributed by atoms with E-state index in [1.807, 2.05) is 0 Å². The Kier molecular flexibility index (Phi) is 3.08. The topological polar surface area (TPSA) is 44.5 Å². The second-order valence-electron chi connectivity index (χ2n) is 7.75. The zero-order valence-electron chi connectivity index (χ0n) is 12.1. The van der Waals surface area contributed by atoms with Crippen LogP contribution < -0.4 is 5.73 Å². The van der Waals surface area contributed by atoms with E-state index in [1.165, 1.54) is 19.3 Å². The zero-order chi connectivity index (χ0) is 12.7. The van der Waals surface area contributed by atoms with Crippen LogP contribution in [0, 0.1) is 23.2 Å². The molecule has 3 nitrogen and oxygen atoms in total. The molecule has 1 aliphatic heterocycles. The number of hydrogen-bond donors (Lipinski definition) is 1. The first-order valence-corrected chi connectivity index (χ1v) is 7.52. The van der Waals surface area contributed by atoms with Gasteiger partial charge in [0.15, 0.2) is 0 Å². The van der Waals surface area contributed by atoms with E-state index in [9.17, 15) is 0 Å². The van der Waals surface area contributed by atoms with Gasteiger partial charge in [-0.1, -0.05) is 13.8 Å². The molecule has 0 radical (unpaired) electrons. The van der Waals surface area contributed by atoms with Crippen LogP contribution in [-0.2, 0) is 9.31 Å². The Morgan fingerprint density at radius 1 is 1.21 bits per heavy atom. The first-order chi connectivity index (χ1) is 8.43. The highest BCUT2D eigenvalue weighted by Gasteiger charge is 2.68. The zero-order valence-corrected chi connectivity index (χ0v) is 12.9. The van der Waals surface area contributed by atoms with Crippen molar-refractivity contribution in [2.75, 3.05) is 0 Å². The minimum absolute atomic E-state index is 0. The van der Waals surface area contributed by atoms with E-state index in [0.717, 1.165) is 12.3 Å². The lowest BCUT2D eigenvalue weighted by Crippen LogP contribution is -2.65. The van der Waals surface area contributed by atoms with Gasteiger partial charge >= 0.3 is 7.12 Å². The summed E-state index contributed by atoms with van der Waals surface area (Å²) in [6.45, 7) is 7.05. The van der Waals surface area contributed by atoms with Crippen molar-refractivity contribution in [2.24, 2.45) is 28.9 Å². The van der Waals surface area contributed by atoms with Gasteiger partial charge in [0.1, 0.15) is 0 Å². The highest BCUT2D eigenvalue weighted by molar-refractivity contribution is 6.47. The quantitative estimate of drug-likeness (QED) is 0.793. The summed E-state index contributed by atoms with van der Waals surface area (Å²) in [4.78, 5) is 0. The van der Waals surface area contributed by atoms with Gasteiger partial charge in [-0.25, -0.2) is 0 Å². The molecule has 4 unspecified atom stereocenters. The van der Waals surface area contributed by atoms with Crippen LogP contribution in [0.15, 0.2) is 0 Å². The minimum atomic E-state index is -0.150. The van der Waals surface area contributed by atoms with Crippen molar-refractivity contribution in [1.29, 1.82) is 0 Å². The summed E-state index contributed by atoms with van der Waals surface area (Å²) in [6.07, 6.45) is 5.26. The largest absolute Gasteiger partial charge is 0.475 e. The van der Waals surface area contributed by atoms with Crippen LogP contribution in [0.4, 0.5) is 0 Å². The van der Waals surface area contributed by atoms with Crippen LogP contribution in [0.1, 0.15) is 46.5 Å². The van der Waals surface area contributed by atoms with Gasteiger partial charge in [0, 0.05) is 5.94 Å². The highest BCUT2D eigenvalue weighted by atomic mass is 35.5. The van der Waals surface area contributed by atoms with Crippen molar-refractivity contribution in [3.8, 4) is 0 Å². The number of halogens is 1. The van der Waals surface area contributed by atoms with Gasteiger partial charge in [-0.05, 0) is 55.8 Å². The molecule has 0 aromatic heterocycles. The molecule has 1 heterocycles. The fourth-order valence-corrected chi connectivity index (χ4v) is 4.77. The molecule has 0 amide bonds. The third-order valence-electron chi connectivity index (χ3n) is 6.45. The number of nitrogens with two attached hydrogens (primary N) is 1. The maximum Gasteiger partial charge on any atom is 0.475 e. The van der Waals surface area contributed by atoms with E-state index >= 15 is 0 Å². The van der Waals surface area contributed by atoms with E-state index in [1.54, 1.807) is 0 Å². The summed E-state index contributed by atoms with van der Waals surface area (Å²) in [5, 5.41) is 0. The lowest BCUT2D eigenvalue weighted by Gasteiger charge is -2.64. The van der Waals surface area contributed by atoms with Crippen molar-refractivity contribution < 1.29 is 9.31 Å². The number of hydrogen-bond acceptors (Lipinski definition) is 3. The molecule has 19 heavy (non-hydrogen) atoms. The van der Waals surface area contributed by atoms with E-state index in [4.69, 9.17) is 15.0 Å². The third-order valence-corrected chi connectivity index (χ3v) is 6.45. The Labute approximate surface area is 122 Å². The van der Waals surface area contributed by atoms with Gasteiger partial charge in [0.25, 0.3) is 0 Å². The Hall–Kier alpha value is 0.235. The molecule has 0 spiro atoms. The van der Waals surface area contributed by atoms with Crippen LogP contribution in [0.3, 0.4) is 0 Å². The molecule has 4 aliphatic carbocycles. The van der Waals surface area contributed by atoms with E-state index in [-0.39, 0.29) is 37.2 Å². The predicted molar refractivity (Wildman–Crippen MR) is 78.1 cm³/mol. The molecule has 0 aromatic rings. The van der Waals surface area contributed by atoms with Crippen molar-refractivity contribution in [3.05, 3.63) is 0 Å². The monoisotopic (exact) mass is 285 g/mol. The summed E-state index contributed by atoms with van der Waals surface area (Å²) in [6, 6.07) is 0. The highest BCUT2D eigenvalue weighted by Crippen LogP contribution is 2.65. The van der Waals surface area contributed by atoms with E-state index < -0.39 is 0 Å². The first kappa shape index (κ1) is 14.2. The molecule has 2 bridgehead atoms. The maximum atomic E-state index is 6.35. The summed E-state index contributed by atoms with van der Waals surface area (Å²) in [5.74, 6) is 2.19. The molecule has 1 saturated heterocycles. The molecule has 5 rings (SSSR count).